The number of aromatic nitrogens is 2. The number of anilines is 1. The highest BCUT2D eigenvalue weighted by atomic mass is 19.3. The molecule has 0 aliphatic heterocycles. The van der Waals surface area contributed by atoms with Crippen LogP contribution in [0.15, 0.2) is 12.3 Å². The average molecular weight is 319 g/mol. The summed E-state index contributed by atoms with van der Waals surface area (Å²) in [4.78, 5) is 26.2. The molecule has 0 unspecified atom stereocenters. The maximum absolute atomic E-state index is 11.8. The zero-order valence-electron chi connectivity index (χ0n) is 9.85. The molecule has 1 aromatic rings. The van der Waals surface area contributed by atoms with E-state index in [-0.39, 0.29) is 11.6 Å². The molecular weight excluding hydrogens is 312 g/mol. The van der Waals surface area contributed by atoms with Crippen molar-refractivity contribution in [1.82, 2.24) is 9.97 Å². The first kappa shape index (κ1) is 18.6. The molecule has 0 amide bonds. The summed E-state index contributed by atoms with van der Waals surface area (Å²) in [6, 6.07) is 1.13. The number of esters is 2. The molecule has 21 heavy (non-hydrogen) atoms. The number of alkyl halides is 6. The molecule has 0 atom stereocenters. The molecule has 1 aromatic heterocycles. The van der Waals surface area contributed by atoms with Gasteiger partial charge >= 0.3 is 24.8 Å². The van der Waals surface area contributed by atoms with Gasteiger partial charge in [0, 0.05) is 6.20 Å². The van der Waals surface area contributed by atoms with E-state index in [1.165, 1.54) is 6.20 Å². The van der Waals surface area contributed by atoms with Gasteiger partial charge in [0.1, 0.15) is 5.69 Å². The molecule has 0 fully saturated rings. The predicted octanol–water partition coefficient (Wildman–Crippen LogP) is 1.58. The Morgan fingerprint density at radius 3 is 1.81 bits per heavy atom. The van der Waals surface area contributed by atoms with Crippen molar-refractivity contribution >= 4 is 17.9 Å². The van der Waals surface area contributed by atoms with Crippen molar-refractivity contribution in [2.75, 3.05) is 5.73 Å². The molecule has 0 bridgehead atoms. The number of hydrogen-bond donors (Lipinski definition) is 1. The summed E-state index contributed by atoms with van der Waals surface area (Å²) in [6.45, 7) is 0. The quantitative estimate of drug-likeness (QED) is 0.516. The minimum atomic E-state index is -3.57. The van der Waals surface area contributed by atoms with Crippen LogP contribution >= 0.6 is 0 Å². The Hall–Kier alpha value is -2.40. The fraction of sp³-hybridized carbons (Fsp3) is 0.333. The Kier molecular flexibility index (Phi) is 7.71. The van der Waals surface area contributed by atoms with E-state index in [1.807, 2.05) is 0 Å². The van der Waals surface area contributed by atoms with Crippen molar-refractivity contribution in [2.45, 2.75) is 19.3 Å². The van der Waals surface area contributed by atoms with Crippen LogP contribution < -0.4 is 5.73 Å². The lowest BCUT2D eigenvalue weighted by atomic mass is 10.4. The SMILES string of the molecule is Nc1nccc(C(F)F)n1.O=C(OC(=O)C(F)F)C(F)F. The third kappa shape index (κ3) is 7.69. The fourth-order valence-corrected chi connectivity index (χ4v) is 0.698. The fourth-order valence-electron chi connectivity index (χ4n) is 0.698. The number of nitrogen functional groups attached to an aromatic ring is 1. The largest absolute Gasteiger partial charge is 0.385 e. The van der Waals surface area contributed by atoms with Gasteiger partial charge in [0.25, 0.3) is 6.43 Å². The average Bonchev–Trinajstić information content (AvgIpc) is 2.39. The standard InChI is InChI=1S/C5H5F2N3.C4H2F4O3/c6-4(7)3-1-2-9-5(8)10-3;5-1(6)3(9)11-4(10)2(7)8/h1-2,4H,(H2,8,9,10);1-2H. The highest BCUT2D eigenvalue weighted by Gasteiger charge is 2.26. The van der Waals surface area contributed by atoms with Crippen molar-refractivity contribution in [2.24, 2.45) is 0 Å². The van der Waals surface area contributed by atoms with Crippen molar-refractivity contribution in [3.63, 3.8) is 0 Å². The number of halogens is 6. The monoisotopic (exact) mass is 319 g/mol. The number of carbonyl (C=O) groups is 2. The van der Waals surface area contributed by atoms with Crippen LogP contribution in [0.1, 0.15) is 12.1 Å². The lowest BCUT2D eigenvalue weighted by Crippen LogP contribution is -2.23. The van der Waals surface area contributed by atoms with Gasteiger partial charge in [-0.15, -0.1) is 0 Å². The Bertz CT molecular complexity index is 468. The second-order valence-corrected chi connectivity index (χ2v) is 2.98. The van der Waals surface area contributed by atoms with E-state index in [1.54, 1.807) is 0 Å². The summed E-state index contributed by atoms with van der Waals surface area (Å²) in [7, 11) is 0. The smallest absolute Gasteiger partial charge is 0.381 e. The summed E-state index contributed by atoms with van der Waals surface area (Å²) < 4.78 is 71.3. The number of nitrogens with two attached hydrogens (primary N) is 1. The molecular formula is C9H7F6N3O3. The molecule has 2 N–H and O–H groups in total. The van der Waals surface area contributed by atoms with E-state index in [0.717, 1.165) is 6.07 Å². The van der Waals surface area contributed by atoms with Gasteiger partial charge in [0.05, 0.1) is 0 Å². The Morgan fingerprint density at radius 2 is 1.52 bits per heavy atom. The van der Waals surface area contributed by atoms with Gasteiger partial charge < -0.3 is 10.5 Å². The van der Waals surface area contributed by atoms with Crippen molar-refractivity contribution < 1.29 is 40.7 Å². The summed E-state index contributed by atoms with van der Waals surface area (Å²) >= 11 is 0. The van der Waals surface area contributed by atoms with E-state index >= 15 is 0 Å². The molecule has 0 saturated carbocycles. The first-order valence-corrected chi connectivity index (χ1v) is 4.83. The van der Waals surface area contributed by atoms with Crippen LogP contribution in [-0.4, -0.2) is 34.8 Å². The van der Waals surface area contributed by atoms with Gasteiger partial charge in [-0.05, 0) is 6.07 Å². The molecule has 0 radical (unpaired) electrons. The molecule has 6 nitrogen and oxygen atoms in total. The molecule has 0 saturated heterocycles. The maximum atomic E-state index is 11.8. The lowest BCUT2D eigenvalue weighted by molar-refractivity contribution is -0.174. The van der Waals surface area contributed by atoms with Crippen molar-refractivity contribution in [3.05, 3.63) is 18.0 Å². The minimum absolute atomic E-state index is 0.127. The zero-order chi connectivity index (χ0) is 16.6. The van der Waals surface area contributed by atoms with Gasteiger partial charge in [-0.3, -0.25) is 0 Å². The molecule has 118 valence electrons. The molecule has 0 aliphatic carbocycles. The number of ether oxygens (including phenoxy) is 1. The van der Waals surface area contributed by atoms with Crippen LogP contribution in [0.2, 0.25) is 0 Å². The third-order valence-corrected chi connectivity index (χ3v) is 1.48. The Labute approximate surface area is 112 Å². The summed E-state index contributed by atoms with van der Waals surface area (Å²) in [5.74, 6) is -4.66. The number of carbonyl (C=O) groups excluding carboxylic acids is 2. The van der Waals surface area contributed by atoms with Crippen LogP contribution in [0.3, 0.4) is 0 Å². The van der Waals surface area contributed by atoms with Gasteiger partial charge in [-0.1, -0.05) is 0 Å². The Balaban J connectivity index is 0.000000382. The van der Waals surface area contributed by atoms with E-state index in [4.69, 9.17) is 5.73 Å². The molecule has 0 aliphatic rings. The topological polar surface area (TPSA) is 95.2 Å². The number of rotatable bonds is 3. The summed E-state index contributed by atoms with van der Waals surface area (Å²) in [5, 5.41) is 0. The molecule has 1 heterocycles. The molecule has 1 rings (SSSR count). The molecule has 12 heteroatoms. The van der Waals surface area contributed by atoms with Gasteiger partial charge in [0.15, 0.2) is 0 Å². The maximum Gasteiger partial charge on any atom is 0.381 e. The van der Waals surface area contributed by atoms with Gasteiger partial charge in [-0.2, -0.15) is 17.6 Å². The second-order valence-electron chi connectivity index (χ2n) is 2.98. The normalized spacial score (nSPS) is 10.3. The number of hydrogen-bond acceptors (Lipinski definition) is 6. The van der Waals surface area contributed by atoms with Crippen LogP contribution in [0.4, 0.5) is 32.3 Å². The first-order valence-electron chi connectivity index (χ1n) is 4.83. The van der Waals surface area contributed by atoms with E-state index in [0.29, 0.717) is 0 Å². The number of nitrogens with zero attached hydrogens (tertiary/aromatic N) is 2. The summed E-state index contributed by atoms with van der Waals surface area (Å²) in [6.07, 6.45) is -8.52. The first-order chi connectivity index (χ1) is 9.65. The van der Waals surface area contributed by atoms with Crippen molar-refractivity contribution in [3.8, 4) is 0 Å². The van der Waals surface area contributed by atoms with Crippen LogP contribution in [0.25, 0.3) is 0 Å². The highest BCUT2D eigenvalue weighted by molar-refractivity contribution is 5.88. The van der Waals surface area contributed by atoms with Gasteiger partial charge in [0.2, 0.25) is 5.95 Å². The van der Waals surface area contributed by atoms with Crippen LogP contribution in [0.5, 0.6) is 0 Å². The predicted molar refractivity (Wildman–Crippen MR) is 54.5 cm³/mol. The lowest BCUT2D eigenvalue weighted by Gasteiger charge is -1.99. The minimum Gasteiger partial charge on any atom is -0.385 e. The van der Waals surface area contributed by atoms with Crippen LogP contribution in [0, 0.1) is 0 Å². The van der Waals surface area contributed by atoms with Crippen LogP contribution in [-0.2, 0) is 14.3 Å². The summed E-state index contributed by atoms with van der Waals surface area (Å²) in [5.41, 5.74) is 4.70. The van der Waals surface area contributed by atoms with E-state index < -0.39 is 31.2 Å². The zero-order valence-corrected chi connectivity index (χ0v) is 9.85. The highest BCUT2D eigenvalue weighted by Crippen LogP contribution is 2.14. The van der Waals surface area contributed by atoms with E-state index in [9.17, 15) is 35.9 Å². The van der Waals surface area contributed by atoms with Gasteiger partial charge in [-0.25, -0.2) is 28.3 Å². The second kappa shape index (κ2) is 8.71. The Morgan fingerprint density at radius 1 is 1.05 bits per heavy atom. The molecule has 0 aromatic carbocycles. The van der Waals surface area contributed by atoms with Crippen molar-refractivity contribution in [1.29, 1.82) is 0 Å². The molecule has 0 spiro atoms. The third-order valence-electron chi connectivity index (χ3n) is 1.48. The van der Waals surface area contributed by atoms with E-state index in [2.05, 4.69) is 14.7 Å².